The second-order valence-electron chi connectivity index (χ2n) is 10.2. The summed E-state index contributed by atoms with van der Waals surface area (Å²) < 4.78 is 2.56. The van der Waals surface area contributed by atoms with E-state index in [2.05, 4.69) is 83.3 Å². The van der Waals surface area contributed by atoms with Crippen molar-refractivity contribution < 1.29 is 0 Å². The summed E-state index contributed by atoms with van der Waals surface area (Å²) in [5.41, 5.74) is 5.88. The van der Waals surface area contributed by atoms with Gasteiger partial charge in [-0.05, 0) is 87.4 Å². The van der Waals surface area contributed by atoms with E-state index < -0.39 is 9.39 Å². The van der Waals surface area contributed by atoms with Crippen molar-refractivity contribution in [2.75, 3.05) is 26.2 Å². The molecule has 5 heteroatoms. The van der Waals surface area contributed by atoms with Crippen molar-refractivity contribution in [3.8, 4) is 0 Å². The lowest BCUT2D eigenvalue weighted by atomic mass is 9.72. The summed E-state index contributed by atoms with van der Waals surface area (Å²) in [4.78, 5) is 3.31. The monoisotopic (exact) mass is 520 g/mol. The largest absolute Gasteiger partial charge is 0.381 e. The maximum atomic E-state index is 4.62. The molecular weight excluding hydrogens is 472 g/mol. The molecule has 3 heterocycles. The van der Waals surface area contributed by atoms with Gasteiger partial charge in [-0.2, -0.15) is 0 Å². The lowest BCUT2D eigenvalue weighted by Crippen LogP contribution is -2.44. The minimum atomic E-state index is -1.46. The van der Waals surface area contributed by atoms with Gasteiger partial charge in [0.25, 0.3) is 0 Å². The Morgan fingerprint density at radius 2 is 1.70 bits per heavy atom. The minimum Gasteiger partial charge on any atom is -0.381 e. The zero-order valence-corrected chi connectivity index (χ0v) is 24.4. The predicted molar refractivity (Wildman–Crippen MR) is 167 cm³/mol. The van der Waals surface area contributed by atoms with E-state index in [9.17, 15) is 0 Å². The molecule has 4 rings (SSSR count). The van der Waals surface area contributed by atoms with Crippen molar-refractivity contribution in [1.29, 1.82) is 0 Å². The van der Waals surface area contributed by atoms with Crippen LogP contribution < -0.4 is 10.6 Å². The van der Waals surface area contributed by atoms with E-state index in [-0.39, 0.29) is 0 Å². The Bertz CT molecular complexity index is 1140. The summed E-state index contributed by atoms with van der Waals surface area (Å²) in [6.07, 6.45) is 13.4. The summed E-state index contributed by atoms with van der Waals surface area (Å²) in [7, 11) is -1.46. The van der Waals surface area contributed by atoms with Gasteiger partial charge >= 0.3 is 0 Å². The lowest BCUT2D eigenvalue weighted by molar-refractivity contribution is 0.114. The number of benzene rings is 1. The molecule has 2 fully saturated rings. The average Bonchev–Trinajstić information content (AvgIpc) is 2.92. The average molecular weight is 521 g/mol. The van der Waals surface area contributed by atoms with Crippen LogP contribution in [0.1, 0.15) is 58.9 Å². The molecule has 0 saturated carbocycles. The van der Waals surface area contributed by atoms with Gasteiger partial charge < -0.3 is 15.5 Å². The first-order valence-electron chi connectivity index (χ1n) is 13.7. The normalized spacial score (nSPS) is 20.2. The first-order chi connectivity index (χ1) is 17.7. The summed E-state index contributed by atoms with van der Waals surface area (Å²) in [6.45, 7) is 21.8. The molecule has 0 radical (unpaired) electrons. The molecule has 1 spiro atoms. The first-order valence-corrected chi connectivity index (χ1v) is 15.6. The zero-order chi connectivity index (χ0) is 27.1. The number of hydrogen-bond donors (Lipinski definition) is 2. The van der Waals surface area contributed by atoms with Gasteiger partial charge in [0.1, 0.15) is 0 Å². The van der Waals surface area contributed by atoms with Gasteiger partial charge in [0, 0.05) is 53.9 Å². The van der Waals surface area contributed by atoms with E-state index >= 15 is 0 Å². The molecule has 0 aliphatic carbocycles. The maximum Gasteiger partial charge on any atom is 0.0407 e. The molecule has 3 aliphatic rings. The molecule has 4 nitrogen and oxygen atoms in total. The highest BCUT2D eigenvalue weighted by molar-refractivity contribution is 8.25. The Kier molecular flexibility index (Phi) is 10.1. The lowest BCUT2D eigenvalue weighted by Gasteiger charge is -2.46. The highest BCUT2D eigenvalue weighted by Crippen LogP contribution is 2.45. The van der Waals surface area contributed by atoms with Gasteiger partial charge in [-0.3, -0.25) is 4.31 Å². The van der Waals surface area contributed by atoms with Crippen LogP contribution in [0.3, 0.4) is 0 Å². The molecule has 37 heavy (non-hydrogen) atoms. The third-order valence-electron chi connectivity index (χ3n) is 7.88. The third kappa shape index (κ3) is 6.90. The molecule has 1 aromatic rings. The molecule has 0 atom stereocenters. The van der Waals surface area contributed by atoms with Crippen molar-refractivity contribution >= 4 is 21.1 Å². The van der Waals surface area contributed by atoms with Crippen molar-refractivity contribution in [3.63, 3.8) is 0 Å². The van der Waals surface area contributed by atoms with Crippen molar-refractivity contribution in [3.05, 3.63) is 90.1 Å². The smallest absolute Gasteiger partial charge is 0.0407 e. The Hall–Kier alpha value is -2.47. The quantitative estimate of drug-likeness (QED) is 0.382. The standard InChI is InChI=1S/C30H42N4S.C2H6/c1-7-18-33-23-28(21-24(2)26(33)4)25(3)32-22-27-8-10-29(11-9-27)35(5,6)34-19-14-30(15-20-34)12-16-31-17-13-30;1-2/h7-11,18,21,23,31-32H,3-6,12-17,19-20,22H2,1-2H3;1-2H3/b18-7-;. The second kappa shape index (κ2) is 12.9. The van der Waals surface area contributed by atoms with E-state index in [4.69, 9.17) is 0 Å². The molecule has 1 aromatic carbocycles. The van der Waals surface area contributed by atoms with Gasteiger partial charge in [0.05, 0.1) is 0 Å². The molecule has 0 amide bonds. The summed E-state index contributed by atoms with van der Waals surface area (Å²) in [5.74, 6) is 9.25. The van der Waals surface area contributed by atoms with Crippen molar-refractivity contribution in [2.24, 2.45) is 5.41 Å². The molecular formula is C32H48N4S. The van der Waals surface area contributed by atoms with E-state index in [0.717, 1.165) is 42.2 Å². The summed E-state index contributed by atoms with van der Waals surface area (Å²) in [5, 5.41) is 7.01. The number of nitrogens with one attached hydrogen (secondary N) is 2. The van der Waals surface area contributed by atoms with Crippen molar-refractivity contribution in [2.45, 2.75) is 64.8 Å². The van der Waals surface area contributed by atoms with Gasteiger partial charge in [0.2, 0.25) is 0 Å². The van der Waals surface area contributed by atoms with Crippen LogP contribution in [0.15, 0.2) is 89.4 Å². The zero-order valence-electron chi connectivity index (χ0n) is 23.6. The van der Waals surface area contributed by atoms with E-state index in [1.54, 1.807) is 0 Å². The molecule has 0 bridgehead atoms. The molecule has 202 valence electrons. The summed E-state index contributed by atoms with van der Waals surface area (Å²) >= 11 is 0. The first kappa shape index (κ1) is 29.1. The van der Waals surface area contributed by atoms with Crippen molar-refractivity contribution in [1.82, 2.24) is 19.8 Å². The molecule has 2 N–H and O–H groups in total. The van der Waals surface area contributed by atoms with E-state index in [0.29, 0.717) is 5.41 Å². The van der Waals surface area contributed by atoms with Crippen LogP contribution in [-0.4, -0.2) is 47.1 Å². The SMILES string of the molecule is C=C(NCc1ccc(S(=C)(=C)N2CCC3(CCNCC3)CC2)cc1)C1=CN(/C=C\C)C(=C)C(C)=C1.CC. The molecule has 2 saturated heterocycles. The van der Waals surface area contributed by atoms with Crippen LogP contribution in [0.25, 0.3) is 0 Å². The van der Waals surface area contributed by atoms with Crippen LogP contribution in [0.2, 0.25) is 0 Å². The highest BCUT2D eigenvalue weighted by Gasteiger charge is 2.36. The van der Waals surface area contributed by atoms with Gasteiger partial charge in [0.15, 0.2) is 0 Å². The number of rotatable bonds is 7. The maximum absolute atomic E-state index is 4.62. The third-order valence-corrected chi connectivity index (χ3v) is 10.4. The molecule has 0 unspecified atom stereocenters. The van der Waals surface area contributed by atoms with Crippen LogP contribution in [0.4, 0.5) is 0 Å². The Labute approximate surface area is 227 Å². The van der Waals surface area contributed by atoms with Crippen LogP contribution in [-0.2, 0) is 6.54 Å². The second-order valence-corrected chi connectivity index (χ2v) is 12.9. The fourth-order valence-corrected chi connectivity index (χ4v) is 7.15. The molecule has 0 aromatic heterocycles. The van der Waals surface area contributed by atoms with E-state index in [1.807, 2.05) is 37.9 Å². The fourth-order valence-electron chi connectivity index (χ4n) is 5.33. The predicted octanol–water partition coefficient (Wildman–Crippen LogP) is 6.92. The summed E-state index contributed by atoms with van der Waals surface area (Å²) in [6, 6.07) is 8.87. The number of hydrogen-bond acceptors (Lipinski definition) is 4. The Morgan fingerprint density at radius 1 is 1.08 bits per heavy atom. The van der Waals surface area contributed by atoms with Crippen LogP contribution in [0, 0.1) is 5.41 Å². The van der Waals surface area contributed by atoms with E-state index in [1.165, 1.54) is 49.2 Å². The highest BCUT2D eigenvalue weighted by atomic mass is 32.2. The van der Waals surface area contributed by atoms with Gasteiger partial charge in [-0.25, -0.2) is 0 Å². The molecule has 3 aliphatic heterocycles. The minimum absolute atomic E-state index is 0.549. The van der Waals surface area contributed by atoms with Crippen LogP contribution >= 0.6 is 9.39 Å². The number of piperidine rings is 2. The topological polar surface area (TPSA) is 30.5 Å². The number of nitrogens with zero attached hydrogens (tertiary/aromatic N) is 2. The Balaban J connectivity index is 0.00000186. The number of allylic oxidation sites excluding steroid dienone is 3. The van der Waals surface area contributed by atoms with Crippen LogP contribution in [0.5, 0.6) is 0 Å². The fraction of sp³-hybridized carbons (Fsp3) is 0.438. The van der Waals surface area contributed by atoms with Gasteiger partial charge in [-0.15, -0.1) is 9.39 Å². The Morgan fingerprint density at radius 3 is 2.30 bits per heavy atom. The van der Waals surface area contributed by atoms with Gasteiger partial charge in [-0.1, -0.05) is 57.0 Å².